The topological polar surface area (TPSA) is 38.7 Å². The number of hydrogen-bond acceptors (Lipinski definition) is 3. The molecule has 1 N–H and O–H groups in total. The molecule has 1 saturated carbocycles. The molecule has 1 heterocycles. The number of benzene rings is 1. The fraction of sp³-hybridized carbons (Fsp3) is 0.667. The van der Waals surface area contributed by atoms with Crippen LogP contribution in [0.4, 0.5) is 0 Å². The van der Waals surface area contributed by atoms with Crippen molar-refractivity contribution in [1.82, 2.24) is 0 Å². The van der Waals surface area contributed by atoms with Gasteiger partial charge >= 0.3 is 0 Å². The summed E-state index contributed by atoms with van der Waals surface area (Å²) < 4.78 is 12.1. The van der Waals surface area contributed by atoms with E-state index in [1.807, 2.05) is 32.0 Å². The third kappa shape index (κ3) is 3.34. The predicted octanol–water partition coefficient (Wildman–Crippen LogP) is 4.24. The van der Waals surface area contributed by atoms with Crippen LogP contribution in [-0.2, 0) is 0 Å². The molecular formula is C18H26O3. The number of fused-ring (bicyclic) bond motifs is 1. The lowest BCUT2D eigenvalue weighted by molar-refractivity contribution is 0.0111. The molecule has 1 aromatic carbocycles. The molecule has 3 heteroatoms. The molecule has 1 aliphatic carbocycles. The van der Waals surface area contributed by atoms with Crippen molar-refractivity contribution in [3.05, 3.63) is 23.8 Å². The third-order valence-electron chi connectivity index (χ3n) is 4.68. The van der Waals surface area contributed by atoms with Gasteiger partial charge in [0.15, 0.2) is 0 Å². The Bertz CT molecular complexity index is 501. The highest BCUT2D eigenvalue weighted by Crippen LogP contribution is 2.41. The van der Waals surface area contributed by atoms with Gasteiger partial charge in [0.25, 0.3) is 0 Å². The lowest BCUT2D eigenvalue weighted by Crippen LogP contribution is -2.34. The van der Waals surface area contributed by atoms with Crippen LogP contribution in [0, 0.1) is 5.92 Å². The van der Waals surface area contributed by atoms with Gasteiger partial charge in [-0.1, -0.05) is 6.92 Å². The first kappa shape index (κ1) is 14.7. The Morgan fingerprint density at radius 3 is 2.62 bits per heavy atom. The van der Waals surface area contributed by atoms with Crippen molar-refractivity contribution in [2.24, 2.45) is 5.92 Å². The number of aliphatic hydroxyl groups excluding tert-OH is 1. The summed E-state index contributed by atoms with van der Waals surface area (Å²) in [5, 5.41) is 10.2. The Morgan fingerprint density at radius 2 is 1.90 bits per heavy atom. The van der Waals surface area contributed by atoms with Crippen LogP contribution in [0.2, 0.25) is 0 Å². The molecule has 1 aliphatic heterocycles. The average Bonchev–Trinajstić information content (AvgIpc) is 2.39. The zero-order valence-corrected chi connectivity index (χ0v) is 13.3. The minimum atomic E-state index is -0.451. The van der Waals surface area contributed by atoms with Crippen LogP contribution >= 0.6 is 0 Å². The summed E-state index contributed by atoms with van der Waals surface area (Å²) in [6, 6.07) is 5.84. The lowest BCUT2D eigenvalue weighted by atomic mass is 9.89. The molecule has 116 valence electrons. The highest BCUT2D eigenvalue weighted by atomic mass is 16.5. The maximum atomic E-state index is 10.2. The molecule has 21 heavy (non-hydrogen) atoms. The molecule has 1 aromatic rings. The van der Waals surface area contributed by atoms with Crippen molar-refractivity contribution >= 4 is 0 Å². The van der Waals surface area contributed by atoms with Gasteiger partial charge in [-0.05, 0) is 57.6 Å². The van der Waals surface area contributed by atoms with Crippen LogP contribution in [0.25, 0.3) is 0 Å². The minimum Gasteiger partial charge on any atom is -0.490 e. The number of aliphatic hydroxyl groups is 1. The van der Waals surface area contributed by atoms with Gasteiger partial charge in [0.1, 0.15) is 17.1 Å². The van der Waals surface area contributed by atoms with Gasteiger partial charge in [0.2, 0.25) is 0 Å². The molecule has 0 radical (unpaired) electrons. The summed E-state index contributed by atoms with van der Waals surface area (Å²) in [6.45, 7) is 6.33. The van der Waals surface area contributed by atoms with Crippen LogP contribution in [0.15, 0.2) is 18.2 Å². The van der Waals surface area contributed by atoms with Gasteiger partial charge < -0.3 is 14.6 Å². The molecular weight excluding hydrogens is 264 g/mol. The van der Waals surface area contributed by atoms with Crippen molar-refractivity contribution in [2.75, 3.05) is 0 Å². The zero-order chi connectivity index (χ0) is 15.0. The van der Waals surface area contributed by atoms with E-state index >= 15 is 0 Å². The molecule has 0 amide bonds. The van der Waals surface area contributed by atoms with Crippen molar-refractivity contribution in [3.8, 4) is 11.5 Å². The Hall–Kier alpha value is -1.22. The van der Waals surface area contributed by atoms with Gasteiger partial charge in [-0.15, -0.1) is 0 Å². The van der Waals surface area contributed by atoms with Crippen LogP contribution in [0.5, 0.6) is 11.5 Å². The van der Waals surface area contributed by atoms with Crippen LogP contribution in [-0.4, -0.2) is 16.8 Å². The van der Waals surface area contributed by atoms with E-state index in [2.05, 4.69) is 6.92 Å². The lowest BCUT2D eigenvalue weighted by Gasteiger charge is -2.36. The summed E-state index contributed by atoms with van der Waals surface area (Å²) in [7, 11) is 0. The fourth-order valence-electron chi connectivity index (χ4n) is 3.41. The minimum absolute atomic E-state index is 0.320. The van der Waals surface area contributed by atoms with Crippen LogP contribution in [0.1, 0.15) is 64.5 Å². The van der Waals surface area contributed by atoms with E-state index < -0.39 is 6.10 Å². The molecule has 1 unspecified atom stereocenters. The zero-order valence-electron chi connectivity index (χ0n) is 13.3. The summed E-state index contributed by atoms with van der Waals surface area (Å²) in [5.74, 6) is 2.45. The van der Waals surface area contributed by atoms with E-state index in [1.54, 1.807) is 0 Å². The molecule has 2 aliphatic rings. The monoisotopic (exact) mass is 290 g/mol. The van der Waals surface area contributed by atoms with Gasteiger partial charge in [-0.2, -0.15) is 0 Å². The Labute approximate surface area is 127 Å². The maximum Gasteiger partial charge on any atom is 0.129 e. The molecule has 3 nitrogen and oxygen atoms in total. The van der Waals surface area contributed by atoms with E-state index in [0.717, 1.165) is 35.8 Å². The summed E-state index contributed by atoms with van der Waals surface area (Å²) in [4.78, 5) is 0. The normalized spacial score (nSPS) is 31.1. The average molecular weight is 290 g/mol. The summed E-state index contributed by atoms with van der Waals surface area (Å²) in [5.41, 5.74) is 0.546. The summed E-state index contributed by atoms with van der Waals surface area (Å²) >= 11 is 0. The van der Waals surface area contributed by atoms with Crippen molar-refractivity contribution in [3.63, 3.8) is 0 Å². The fourth-order valence-corrected chi connectivity index (χ4v) is 3.41. The van der Waals surface area contributed by atoms with Gasteiger partial charge in [-0.25, -0.2) is 0 Å². The summed E-state index contributed by atoms with van der Waals surface area (Å²) in [6.07, 6.45) is 5.26. The van der Waals surface area contributed by atoms with Crippen molar-refractivity contribution in [2.45, 2.75) is 70.7 Å². The standard InChI is InChI=1S/C18H26O3/c1-12-4-6-13(7-5-12)20-14-8-9-15-16(19)11-18(2,3)21-17(15)10-14/h8-10,12-13,16,19H,4-7,11H2,1-3H3. The van der Waals surface area contributed by atoms with E-state index in [9.17, 15) is 5.11 Å². The second-order valence-corrected chi connectivity index (χ2v) is 7.28. The van der Waals surface area contributed by atoms with Crippen LogP contribution in [0.3, 0.4) is 0 Å². The number of ether oxygens (including phenoxy) is 2. The number of rotatable bonds is 2. The Balaban J connectivity index is 1.74. The molecule has 0 bridgehead atoms. The first-order valence-corrected chi connectivity index (χ1v) is 8.11. The third-order valence-corrected chi connectivity index (χ3v) is 4.68. The predicted molar refractivity (Wildman–Crippen MR) is 82.8 cm³/mol. The smallest absolute Gasteiger partial charge is 0.129 e. The first-order chi connectivity index (χ1) is 9.93. The van der Waals surface area contributed by atoms with Crippen molar-refractivity contribution in [1.29, 1.82) is 0 Å². The van der Waals surface area contributed by atoms with E-state index in [0.29, 0.717) is 12.5 Å². The SMILES string of the molecule is CC1CCC(Oc2ccc3c(c2)OC(C)(C)CC3O)CC1. The van der Waals surface area contributed by atoms with E-state index in [-0.39, 0.29) is 5.60 Å². The molecule has 0 aromatic heterocycles. The van der Waals surface area contributed by atoms with Crippen LogP contribution < -0.4 is 9.47 Å². The van der Waals surface area contributed by atoms with Gasteiger partial charge in [0.05, 0.1) is 12.2 Å². The second kappa shape index (κ2) is 5.53. The van der Waals surface area contributed by atoms with Gasteiger partial charge in [0, 0.05) is 18.1 Å². The second-order valence-electron chi connectivity index (χ2n) is 7.28. The molecule has 1 fully saturated rings. The van der Waals surface area contributed by atoms with Crippen molar-refractivity contribution < 1.29 is 14.6 Å². The largest absolute Gasteiger partial charge is 0.490 e. The Kier molecular flexibility index (Phi) is 3.87. The maximum absolute atomic E-state index is 10.2. The molecule has 0 saturated heterocycles. The molecule has 1 atom stereocenters. The van der Waals surface area contributed by atoms with E-state index in [1.165, 1.54) is 12.8 Å². The Morgan fingerprint density at radius 1 is 1.19 bits per heavy atom. The van der Waals surface area contributed by atoms with Gasteiger partial charge in [-0.3, -0.25) is 0 Å². The highest BCUT2D eigenvalue weighted by Gasteiger charge is 2.33. The molecule has 0 spiro atoms. The first-order valence-electron chi connectivity index (χ1n) is 8.11. The highest BCUT2D eigenvalue weighted by molar-refractivity contribution is 5.44. The molecule has 3 rings (SSSR count). The van der Waals surface area contributed by atoms with E-state index in [4.69, 9.17) is 9.47 Å². The quantitative estimate of drug-likeness (QED) is 0.885. The number of hydrogen-bond donors (Lipinski definition) is 1.